The third-order valence-corrected chi connectivity index (χ3v) is 2.85. The summed E-state index contributed by atoms with van der Waals surface area (Å²) in [6.45, 7) is 5.38. The van der Waals surface area contributed by atoms with Crippen LogP contribution < -0.4 is 5.32 Å². The van der Waals surface area contributed by atoms with Gasteiger partial charge in [0.1, 0.15) is 0 Å². The maximum atomic E-state index is 5.48. The van der Waals surface area contributed by atoms with Gasteiger partial charge in [0.25, 0.3) is 0 Å². The van der Waals surface area contributed by atoms with Crippen molar-refractivity contribution in [2.45, 2.75) is 26.2 Å². The van der Waals surface area contributed by atoms with E-state index in [1.807, 2.05) is 7.05 Å². The SMILES string of the molecule is CCC(CNC)C1CCCOC1. The Bertz CT molecular complexity index is 108. The molecule has 0 aliphatic carbocycles. The summed E-state index contributed by atoms with van der Waals surface area (Å²) in [6, 6.07) is 0. The van der Waals surface area contributed by atoms with Gasteiger partial charge in [0.2, 0.25) is 0 Å². The zero-order valence-corrected chi connectivity index (χ0v) is 8.31. The highest BCUT2D eigenvalue weighted by Gasteiger charge is 2.21. The number of nitrogens with one attached hydrogen (secondary N) is 1. The molecule has 0 spiro atoms. The maximum absolute atomic E-state index is 5.48. The molecule has 0 aromatic carbocycles. The zero-order valence-electron chi connectivity index (χ0n) is 8.31. The Kier molecular flexibility index (Phi) is 4.62. The van der Waals surface area contributed by atoms with Gasteiger partial charge in [-0.15, -0.1) is 0 Å². The van der Waals surface area contributed by atoms with E-state index in [1.165, 1.54) is 19.3 Å². The molecule has 0 bridgehead atoms. The third kappa shape index (κ3) is 2.76. The molecule has 1 rings (SSSR count). The smallest absolute Gasteiger partial charge is 0.0497 e. The lowest BCUT2D eigenvalue weighted by atomic mass is 9.86. The highest BCUT2D eigenvalue weighted by Crippen LogP contribution is 2.24. The summed E-state index contributed by atoms with van der Waals surface area (Å²) in [5, 5.41) is 3.26. The average molecular weight is 171 g/mol. The first-order chi connectivity index (χ1) is 5.88. The Morgan fingerprint density at radius 2 is 2.42 bits per heavy atom. The molecule has 0 radical (unpaired) electrons. The summed E-state index contributed by atoms with van der Waals surface area (Å²) in [7, 11) is 2.03. The van der Waals surface area contributed by atoms with Gasteiger partial charge in [-0.25, -0.2) is 0 Å². The van der Waals surface area contributed by atoms with Crippen LogP contribution in [0.1, 0.15) is 26.2 Å². The fourth-order valence-corrected chi connectivity index (χ4v) is 2.04. The van der Waals surface area contributed by atoms with Crippen molar-refractivity contribution in [1.82, 2.24) is 5.32 Å². The van der Waals surface area contributed by atoms with Gasteiger partial charge < -0.3 is 10.1 Å². The van der Waals surface area contributed by atoms with Gasteiger partial charge >= 0.3 is 0 Å². The second-order valence-electron chi connectivity index (χ2n) is 3.70. The quantitative estimate of drug-likeness (QED) is 0.694. The van der Waals surface area contributed by atoms with E-state index in [9.17, 15) is 0 Å². The average Bonchev–Trinajstić information content (AvgIpc) is 2.15. The topological polar surface area (TPSA) is 21.3 Å². The van der Waals surface area contributed by atoms with Crippen molar-refractivity contribution in [3.63, 3.8) is 0 Å². The normalized spacial score (nSPS) is 27.0. The minimum atomic E-state index is 0.802. The lowest BCUT2D eigenvalue weighted by Gasteiger charge is -2.29. The molecule has 0 amide bonds. The zero-order chi connectivity index (χ0) is 8.81. The van der Waals surface area contributed by atoms with Gasteiger partial charge in [0.05, 0.1) is 0 Å². The summed E-state index contributed by atoms with van der Waals surface area (Å²) < 4.78 is 5.48. The van der Waals surface area contributed by atoms with Crippen molar-refractivity contribution in [1.29, 1.82) is 0 Å². The van der Waals surface area contributed by atoms with E-state index in [0.29, 0.717) is 0 Å². The lowest BCUT2D eigenvalue weighted by Crippen LogP contribution is -2.31. The van der Waals surface area contributed by atoms with Crippen molar-refractivity contribution < 1.29 is 4.74 Å². The Morgan fingerprint density at radius 3 is 2.92 bits per heavy atom. The van der Waals surface area contributed by atoms with Crippen molar-refractivity contribution in [3.8, 4) is 0 Å². The van der Waals surface area contributed by atoms with Crippen LogP contribution in [0.2, 0.25) is 0 Å². The van der Waals surface area contributed by atoms with Crippen LogP contribution >= 0.6 is 0 Å². The molecular weight excluding hydrogens is 150 g/mol. The number of hydrogen-bond donors (Lipinski definition) is 1. The van der Waals surface area contributed by atoms with Gasteiger partial charge in [0, 0.05) is 13.2 Å². The van der Waals surface area contributed by atoms with E-state index in [4.69, 9.17) is 4.74 Å². The summed E-state index contributed by atoms with van der Waals surface area (Å²) in [5.74, 6) is 1.62. The largest absolute Gasteiger partial charge is 0.381 e. The molecule has 1 heterocycles. The molecule has 72 valence electrons. The fraction of sp³-hybridized carbons (Fsp3) is 1.00. The second kappa shape index (κ2) is 5.55. The molecule has 2 atom stereocenters. The molecule has 1 N–H and O–H groups in total. The van der Waals surface area contributed by atoms with Crippen LogP contribution in [0.4, 0.5) is 0 Å². The standard InChI is InChI=1S/C10H21NO/c1-3-9(7-11-2)10-5-4-6-12-8-10/h9-11H,3-8H2,1-2H3. The predicted octanol–water partition coefficient (Wildman–Crippen LogP) is 1.66. The molecule has 1 saturated heterocycles. The van der Waals surface area contributed by atoms with E-state index in [2.05, 4.69) is 12.2 Å². The molecule has 0 aromatic heterocycles. The molecule has 0 aromatic rings. The van der Waals surface area contributed by atoms with Crippen LogP contribution in [0.5, 0.6) is 0 Å². The molecule has 1 aliphatic rings. The van der Waals surface area contributed by atoms with Crippen LogP contribution in [0.25, 0.3) is 0 Å². The molecule has 2 nitrogen and oxygen atoms in total. The first kappa shape index (κ1) is 10.0. The maximum Gasteiger partial charge on any atom is 0.0497 e. The van der Waals surface area contributed by atoms with Crippen LogP contribution in [0, 0.1) is 11.8 Å². The van der Waals surface area contributed by atoms with Crippen LogP contribution in [0.3, 0.4) is 0 Å². The predicted molar refractivity (Wildman–Crippen MR) is 51.3 cm³/mol. The minimum Gasteiger partial charge on any atom is -0.381 e. The van der Waals surface area contributed by atoms with Crippen molar-refractivity contribution in [2.75, 3.05) is 26.8 Å². The second-order valence-corrected chi connectivity index (χ2v) is 3.70. The van der Waals surface area contributed by atoms with Crippen LogP contribution in [0.15, 0.2) is 0 Å². The first-order valence-electron chi connectivity index (χ1n) is 5.10. The number of rotatable bonds is 4. The van der Waals surface area contributed by atoms with Crippen molar-refractivity contribution in [2.24, 2.45) is 11.8 Å². The van der Waals surface area contributed by atoms with Crippen molar-refractivity contribution >= 4 is 0 Å². The summed E-state index contributed by atoms with van der Waals surface area (Å²) in [6.07, 6.45) is 3.89. The summed E-state index contributed by atoms with van der Waals surface area (Å²) in [5.41, 5.74) is 0. The highest BCUT2D eigenvalue weighted by molar-refractivity contribution is 4.72. The monoisotopic (exact) mass is 171 g/mol. The molecule has 1 fully saturated rings. The Morgan fingerprint density at radius 1 is 1.58 bits per heavy atom. The Hall–Kier alpha value is -0.0800. The molecule has 1 aliphatic heterocycles. The van der Waals surface area contributed by atoms with Crippen LogP contribution in [-0.2, 0) is 4.74 Å². The first-order valence-corrected chi connectivity index (χ1v) is 5.10. The molecule has 2 unspecified atom stereocenters. The number of ether oxygens (including phenoxy) is 1. The van der Waals surface area contributed by atoms with Crippen molar-refractivity contribution in [3.05, 3.63) is 0 Å². The van der Waals surface area contributed by atoms with Gasteiger partial charge in [-0.2, -0.15) is 0 Å². The number of hydrogen-bond acceptors (Lipinski definition) is 2. The van der Waals surface area contributed by atoms with Gasteiger partial charge in [-0.05, 0) is 38.3 Å². The Balaban J connectivity index is 2.29. The molecule has 12 heavy (non-hydrogen) atoms. The molecule has 0 saturated carbocycles. The van der Waals surface area contributed by atoms with E-state index in [-0.39, 0.29) is 0 Å². The van der Waals surface area contributed by atoms with E-state index in [0.717, 1.165) is 31.6 Å². The third-order valence-electron chi connectivity index (χ3n) is 2.85. The van der Waals surface area contributed by atoms with Gasteiger partial charge in [-0.3, -0.25) is 0 Å². The van der Waals surface area contributed by atoms with Gasteiger partial charge in [0.15, 0.2) is 0 Å². The Labute approximate surface area is 75.7 Å². The summed E-state index contributed by atoms with van der Waals surface area (Å²) >= 11 is 0. The highest BCUT2D eigenvalue weighted by atomic mass is 16.5. The summed E-state index contributed by atoms with van der Waals surface area (Å²) in [4.78, 5) is 0. The van der Waals surface area contributed by atoms with E-state index < -0.39 is 0 Å². The molecular formula is C10H21NO. The van der Waals surface area contributed by atoms with E-state index >= 15 is 0 Å². The minimum absolute atomic E-state index is 0.802. The lowest BCUT2D eigenvalue weighted by molar-refractivity contribution is 0.0300. The van der Waals surface area contributed by atoms with Gasteiger partial charge in [-0.1, -0.05) is 13.3 Å². The molecule has 2 heteroatoms. The van der Waals surface area contributed by atoms with E-state index in [1.54, 1.807) is 0 Å². The fourth-order valence-electron chi connectivity index (χ4n) is 2.04. The van der Waals surface area contributed by atoms with Crippen LogP contribution in [-0.4, -0.2) is 26.8 Å².